The van der Waals surface area contributed by atoms with Crippen molar-refractivity contribution in [3.05, 3.63) is 54.1 Å². The zero-order valence-electron chi connectivity index (χ0n) is 14.1. The number of thioether (sulfide) groups is 1. The van der Waals surface area contributed by atoms with E-state index in [0.29, 0.717) is 17.5 Å². The summed E-state index contributed by atoms with van der Waals surface area (Å²) in [5.74, 6) is -4.44. The lowest BCUT2D eigenvalue weighted by molar-refractivity contribution is -0.113. The first-order chi connectivity index (χ1) is 13.0. The maximum atomic E-state index is 13.6. The molecule has 0 unspecified atom stereocenters. The standard InChI is InChI=1S/C17H14F3N5OS/c1-2-25-16(10-5-7-21-8-6-10)23-24-17(25)27-9-13(26)22-12-4-3-11(18)14(19)15(12)20/h3-8H,2,9H2,1H3,(H,22,26). The third kappa shape index (κ3) is 4.11. The van der Waals surface area contributed by atoms with Crippen LogP contribution >= 0.6 is 11.8 Å². The number of benzene rings is 1. The molecule has 0 aliphatic heterocycles. The third-order valence-electron chi connectivity index (χ3n) is 3.61. The Morgan fingerprint density at radius 1 is 1.11 bits per heavy atom. The number of pyridine rings is 1. The number of halogens is 3. The van der Waals surface area contributed by atoms with E-state index in [1.807, 2.05) is 11.5 Å². The van der Waals surface area contributed by atoms with Crippen molar-refractivity contribution in [3.8, 4) is 11.4 Å². The summed E-state index contributed by atoms with van der Waals surface area (Å²) in [7, 11) is 0. The van der Waals surface area contributed by atoms with Crippen LogP contribution in [0.4, 0.5) is 18.9 Å². The van der Waals surface area contributed by atoms with Crippen LogP contribution in [0.15, 0.2) is 41.8 Å². The summed E-state index contributed by atoms with van der Waals surface area (Å²) in [6.45, 7) is 2.49. The molecule has 0 atom stereocenters. The number of carbonyl (C=O) groups is 1. The second-order valence-corrected chi connectivity index (χ2v) is 6.29. The third-order valence-corrected chi connectivity index (χ3v) is 4.58. The quantitative estimate of drug-likeness (QED) is 0.513. The molecule has 0 bridgehead atoms. The van der Waals surface area contributed by atoms with Gasteiger partial charge in [0.2, 0.25) is 5.91 Å². The van der Waals surface area contributed by atoms with Crippen molar-refractivity contribution in [2.75, 3.05) is 11.1 Å². The van der Waals surface area contributed by atoms with Crippen molar-refractivity contribution in [1.82, 2.24) is 19.7 Å². The number of aromatic nitrogens is 4. The molecule has 0 spiro atoms. The first-order valence-electron chi connectivity index (χ1n) is 7.91. The van der Waals surface area contributed by atoms with Crippen molar-refractivity contribution < 1.29 is 18.0 Å². The summed E-state index contributed by atoms with van der Waals surface area (Å²) in [4.78, 5) is 16.0. The Bertz CT molecular complexity index is 965. The fraction of sp³-hybridized carbons (Fsp3) is 0.176. The molecule has 1 amide bonds. The summed E-state index contributed by atoms with van der Waals surface area (Å²) in [5, 5.41) is 10.9. The van der Waals surface area contributed by atoms with Crippen LogP contribution in [0.1, 0.15) is 6.92 Å². The fourth-order valence-corrected chi connectivity index (χ4v) is 3.14. The van der Waals surface area contributed by atoms with Gasteiger partial charge in [-0.2, -0.15) is 0 Å². The minimum absolute atomic E-state index is 0.104. The van der Waals surface area contributed by atoms with E-state index in [4.69, 9.17) is 0 Å². The normalized spacial score (nSPS) is 10.8. The number of carbonyl (C=O) groups excluding carboxylic acids is 1. The van der Waals surface area contributed by atoms with E-state index in [1.165, 1.54) is 0 Å². The Morgan fingerprint density at radius 3 is 2.56 bits per heavy atom. The predicted octanol–water partition coefficient (Wildman–Crippen LogP) is 3.51. The van der Waals surface area contributed by atoms with Gasteiger partial charge in [-0.05, 0) is 31.2 Å². The van der Waals surface area contributed by atoms with Gasteiger partial charge in [-0.25, -0.2) is 13.2 Å². The molecule has 0 fully saturated rings. The van der Waals surface area contributed by atoms with Crippen LogP contribution in [0.3, 0.4) is 0 Å². The van der Waals surface area contributed by atoms with E-state index in [-0.39, 0.29) is 5.75 Å². The highest BCUT2D eigenvalue weighted by Crippen LogP contribution is 2.24. The SMILES string of the molecule is CCn1c(SCC(=O)Nc2ccc(F)c(F)c2F)nnc1-c1ccncc1. The number of hydrogen-bond acceptors (Lipinski definition) is 5. The molecule has 140 valence electrons. The second kappa shape index (κ2) is 8.21. The van der Waals surface area contributed by atoms with Gasteiger partial charge in [-0.15, -0.1) is 10.2 Å². The Hall–Kier alpha value is -2.88. The molecule has 0 radical (unpaired) electrons. The molecule has 10 heteroatoms. The van der Waals surface area contributed by atoms with Crippen LogP contribution in [0.25, 0.3) is 11.4 Å². The van der Waals surface area contributed by atoms with Crippen molar-refractivity contribution in [2.45, 2.75) is 18.6 Å². The number of nitrogens with zero attached hydrogens (tertiary/aromatic N) is 4. The van der Waals surface area contributed by atoms with Crippen molar-refractivity contribution in [3.63, 3.8) is 0 Å². The van der Waals surface area contributed by atoms with E-state index in [1.54, 1.807) is 24.5 Å². The van der Waals surface area contributed by atoms with E-state index in [9.17, 15) is 18.0 Å². The average molecular weight is 393 g/mol. The van der Waals surface area contributed by atoms with Crippen LogP contribution in [0.2, 0.25) is 0 Å². The number of nitrogens with one attached hydrogen (secondary N) is 1. The summed E-state index contributed by atoms with van der Waals surface area (Å²) in [6, 6.07) is 5.30. The number of amides is 1. The summed E-state index contributed by atoms with van der Waals surface area (Å²) in [5.41, 5.74) is 0.411. The van der Waals surface area contributed by atoms with Gasteiger partial charge < -0.3 is 9.88 Å². The molecular formula is C17H14F3N5OS. The highest BCUT2D eigenvalue weighted by atomic mass is 32.2. The van der Waals surface area contributed by atoms with Gasteiger partial charge in [0, 0.05) is 24.5 Å². The summed E-state index contributed by atoms with van der Waals surface area (Å²) < 4.78 is 41.6. The van der Waals surface area contributed by atoms with Crippen molar-refractivity contribution in [1.29, 1.82) is 0 Å². The van der Waals surface area contributed by atoms with Gasteiger partial charge in [0.1, 0.15) is 0 Å². The van der Waals surface area contributed by atoms with Crippen molar-refractivity contribution >= 4 is 23.4 Å². The predicted molar refractivity (Wildman–Crippen MR) is 94.6 cm³/mol. The molecule has 0 saturated carbocycles. The highest BCUT2D eigenvalue weighted by molar-refractivity contribution is 7.99. The molecule has 0 saturated heterocycles. The van der Waals surface area contributed by atoms with E-state index < -0.39 is 29.0 Å². The second-order valence-electron chi connectivity index (χ2n) is 5.35. The first kappa shape index (κ1) is 18.9. The largest absolute Gasteiger partial charge is 0.323 e. The monoisotopic (exact) mass is 393 g/mol. The molecule has 0 aliphatic carbocycles. The summed E-state index contributed by atoms with van der Waals surface area (Å²) in [6.07, 6.45) is 3.28. The molecule has 0 aliphatic rings. The van der Waals surface area contributed by atoms with Crippen LogP contribution < -0.4 is 5.32 Å². The molecule has 1 N–H and O–H groups in total. The lowest BCUT2D eigenvalue weighted by Gasteiger charge is -2.08. The van der Waals surface area contributed by atoms with E-state index in [2.05, 4.69) is 20.5 Å². The Morgan fingerprint density at radius 2 is 1.85 bits per heavy atom. The first-order valence-corrected chi connectivity index (χ1v) is 8.89. The molecule has 3 rings (SSSR count). The molecule has 1 aromatic carbocycles. The molecule has 3 aromatic rings. The highest BCUT2D eigenvalue weighted by Gasteiger charge is 2.17. The van der Waals surface area contributed by atoms with E-state index >= 15 is 0 Å². The Kier molecular flexibility index (Phi) is 5.75. The summed E-state index contributed by atoms with van der Waals surface area (Å²) >= 11 is 1.10. The van der Waals surface area contributed by atoms with Gasteiger partial charge >= 0.3 is 0 Å². The van der Waals surface area contributed by atoms with Crippen LogP contribution in [0.5, 0.6) is 0 Å². The Labute approximate surface area is 156 Å². The van der Waals surface area contributed by atoms with Crippen LogP contribution in [0, 0.1) is 17.5 Å². The van der Waals surface area contributed by atoms with Gasteiger partial charge in [-0.3, -0.25) is 9.78 Å². The molecule has 2 heterocycles. The van der Waals surface area contributed by atoms with E-state index in [0.717, 1.165) is 29.5 Å². The lowest BCUT2D eigenvalue weighted by Crippen LogP contribution is -2.16. The zero-order valence-corrected chi connectivity index (χ0v) is 14.9. The topological polar surface area (TPSA) is 72.7 Å². The molecule has 6 nitrogen and oxygen atoms in total. The van der Waals surface area contributed by atoms with Gasteiger partial charge in [0.15, 0.2) is 28.4 Å². The van der Waals surface area contributed by atoms with Crippen LogP contribution in [-0.2, 0) is 11.3 Å². The Balaban J connectivity index is 1.69. The molecular weight excluding hydrogens is 379 g/mol. The zero-order chi connectivity index (χ0) is 19.4. The number of rotatable bonds is 6. The molecule has 2 aromatic heterocycles. The minimum atomic E-state index is -1.63. The van der Waals surface area contributed by atoms with Gasteiger partial charge in [-0.1, -0.05) is 11.8 Å². The van der Waals surface area contributed by atoms with Gasteiger partial charge in [0.05, 0.1) is 11.4 Å². The minimum Gasteiger partial charge on any atom is -0.323 e. The van der Waals surface area contributed by atoms with Gasteiger partial charge in [0.25, 0.3) is 0 Å². The van der Waals surface area contributed by atoms with Crippen LogP contribution in [-0.4, -0.2) is 31.4 Å². The fourth-order valence-electron chi connectivity index (χ4n) is 2.33. The number of hydrogen-bond donors (Lipinski definition) is 1. The maximum absolute atomic E-state index is 13.6. The molecule has 27 heavy (non-hydrogen) atoms. The average Bonchev–Trinajstić information content (AvgIpc) is 3.10. The van der Waals surface area contributed by atoms with Crippen molar-refractivity contribution in [2.24, 2.45) is 0 Å². The smallest absolute Gasteiger partial charge is 0.234 e. The maximum Gasteiger partial charge on any atom is 0.234 e. The lowest BCUT2D eigenvalue weighted by atomic mass is 10.2. The number of anilines is 1.